The lowest BCUT2D eigenvalue weighted by atomic mass is 10.1. The molecule has 1 aromatic carbocycles. The molecule has 1 heterocycles. The summed E-state index contributed by atoms with van der Waals surface area (Å²) in [5.41, 5.74) is 2.52. The number of nitrogens with one attached hydrogen (secondary N) is 1. The standard InChI is InChI=1S/C19H31N3O2/c1-4-24-18-11-14-22(15-12-18)19(23)20-13-5-6-16-7-9-17(10-8-16)21(2)3/h7-10,18H,4-6,11-15H2,1-3H3,(H,20,23). The van der Waals surface area contributed by atoms with Crippen molar-refractivity contribution in [3.8, 4) is 0 Å². The van der Waals surface area contributed by atoms with Crippen molar-refractivity contribution in [1.29, 1.82) is 0 Å². The lowest BCUT2D eigenvalue weighted by molar-refractivity contribution is 0.0220. The number of hydrogen-bond acceptors (Lipinski definition) is 3. The number of ether oxygens (including phenoxy) is 1. The Morgan fingerprint density at radius 3 is 2.50 bits per heavy atom. The number of carbonyl (C=O) groups excluding carboxylic acids is 1. The SMILES string of the molecule is CCOC1CCN(C(=O)NCCCc2ccc(N(C)C)cc2)CC1. The lowest BCUT2D eigenvalue weighted by Crippen LogP contribution is -2.46. The summed E-state index contributed by atoms with van der Waals surface area (Å²) in [6.45, 7) is 5.09. The van der Waals surface area contributed by atoms with Crippen molar-refractivity contribution in [3.05, 3.63) is 29.8 Å². The number of hydrogen-bond donors (Lipinski definition) is 1. The molecule has 1 aromatic rings. The van der Waals surface area contributed by atoms with Crippen LogP contribution in [-0.4, -0.2) is 57.4 Å². The molecular weight excluding hydrogens is 302 g/mol. The molecule has 0 aliphatic carbocycles. The highest BCUT2D eigenvalue weighted by molar-refractivity contribution is 5.74. The van der Waals surface area contributed by atoms with E-state index in [2.05, 4.69) is 34.5 Å². The molecule has 5 nitrogen and oxygen atoms in total. The van der Waals surface area contributed by atoms with Crippen molar-refractivity contribution in [2.75, 3.05) is 45.2 Å². The molecule has 0 radical (unpaired) electrons. The minimum atomic E-state index is 0.0629. The van der Waals surface area contributed by atoms with E-state index >= 15 is 0 Å². The first-order valence-electron chi connectivity index (χ1n) is 9.00. The largest absolute Gasteiger partial charge is 0.378 e. The van der Waals surface area contributed by atoms with Gasteiger partial charge in [-0.05, 0) is 50.3 Å². The van der Waals surface area contributed by atoms with Gasteiger partial charge in [-0.25, -0.2) is 4.79 Å². The minimum absolute atomic E-state index is 0.0629. The van der Waals surface area contributed by atoms with Crippen LogP contribution in [0, 0.1) is 0 Å². The first-order chi connectivity index (χ1) is 11.6. The van der Waals surface area contributed by atoms with E-state index < -0.39 is 0 Å². The molecule has 1 saturated heterocycles. The summed E-state index contributed by atoms with van der Waals surface area (Å²) in [6.07, 6.45) is 4.16. The first-order valence-corrected chi connectivity index (χ1v) is 9.00. The van der Waals surface area contributed by atoms with Gasteiger partial charge in [0.05, 0.1) is 6.10 Å². The van der Waals surface area contributed by atoms with E-state index in [1.807, 2.05) is 25.9 Å². The van der Waals surface area contributed by atoms with Crippen molar-refractivity contribution in [2.45, 2.75) is 38.7 Å². The van der Waals surface area contributed by atoms with Crippen LogP contribution in [0.15, 0.2) is 24.3 Å². The Labute approximate surface area is 146 Å². The second-order valence-corrected chi connectivity index (χ2v) is 6.54. The fraction of sp³-hybridized carbons (Fsp3) is 0.632. The van der Waals surface area contributed by atoms with Crippen LogP contribution in [0.2, 0.25) is 0 Å². The van der Waals surface area contributed by atoms with E-state index in [4.69, 9.17) is 4.74 Å². The summed E-state index contributed by atoms with van der Waals surface area (Å²) in [7, 11) is 4.09. The van der Waals surface area contributed by atoms with Crippen molar-refractivity contribution in [3.63, 3.8) is 0 Å². The maximum absolute atomic E-state index is 12.2. The van der Waals surface area contributed by atoms with Crippen LogP contribution < -0.4 is 10.2 Å². The van der Waals surface area contributed by atoms with E-state index in [0.29, 0.717) is 6.10 Å². The summed E-state index contributed by atoms with van der Waals surface area (Å²) < 4.78 is 5.62. The van der Waals surface area contributed by atoms with Crippen LogP contribution >= 0.6 is 0 Å². The van der Waals surface area contributed by atoms with Crippen LogP contribution in [0.3, 0.4) is 0 Å². The summed E-state index contributed by atoms with van der Waals surface area (Å²) in [5, 5.41) is 3.04. The number of nitrogens with zero attached hydrogens (tertiary/aromatic N) is 2. The Kier molecular flexibility index (Phi) is 7.37. The van der Waals surface area contributed by atoms with Gasteiger partial charge in [-0.3, -0.25) is 0 Å². The Bertz CT molecular complexity index is 494. The second kappa shape index (κ2) is 9.52. The first kappa shape index (κ1) is 18.6. The van der Waals surface area contributed by atoms with Crippen molar-refractivity contribution < 1.29 is 9.53 Å². The van der Waals surface area contributed by atoms with Gasteiger partial charge in [0.1, 0.15) is 0 Å². The fourth-order valence-electron chi connectivity index (χ4n) is 3.02. The second-order valence-electron chi connectivity index (χ2n) is 6.54. The zero-order valence-corrected chi connectivity index (χ0v) is 15.3. The molecule has 2 rings (SSSR count). The van der Waals surface area contributed by atoms with Crippen LogP contribution in [-0.2, 0) is 11.2 Å². The Balaban J connectivity index is 1.62. The molecule has 1 fully saturated rings. The van der Waals surface area contributed by atoms with Gasteiger partial charge in [-0.15, -0.1) is 0 Å². The molecule has 1 aliphatic rings. The minimum Gasteiger partial charge on any atom is -0.378 e. The molecule has 2 amide bonds. The monoisotopic (exact) mass is 333 g/mol. The molecular formula is C19H31N3O2. The number of benzene rings is 1. The normalized spacial score (nSPS) is 15.4. The molecule has 134 valence electrons. The maximum atomic E-state index is 12.2. The molecule has 0 atom stereocenters. The molecule has 24 heavy (non-hydrogen) atoms. The average Bonchev–Trinajstić information content (AvgIpc) is 2.60. The van der Waals surface area contributed by atoms with Crippen molar-refractivity contribution in [1.82, 2.24) is 10.2 Å². The molecule has 1 N–H and O–H groups in total. The third-order valence-electron chi connectivity index (χ3n) is 4.50. The lowest BCUT2D eigenvalue weighted by Gasteiger charge is -2.31. The number of aryl methyl sites for hydroxylation is 1. The maximum Gasteiger partial charge on any atom is 0.317 e. The van der Waals surface area contributed by atoms with Crippen LogP contribution in [0.5, 0.6) is 0 Å². The number of likely N-dealkylation sites (tertiary alicyclic amines) is 1. The number of rotatable bonds is 7. The molecule has 0 aromatic heterocycles. The quantitative estimate of drug-likeness (QED) is 0.781. The summed E-state index contributed by atoms with van der Waals surface area (Å²) in [6, 6.07) is 8.66. The number of piperidine rings is 1. The van der Waals surface area contributed by atoms with Gasteiger partial charge in [0.25, 0.3) is 0 Å². The predicted octanol–water partition coefficient (Wildman–Crippen LogP) is 2.90. The van der Waals surface area contributed by atoms with Gasteiger partial charge in [0, 0.05) is 46.0 Å². The molecule has 0 spiro atoms. The molecule has 0 unspecified atom stereocenters. The predicted molar refractivity (Wildman–Crippen MR) is 98.7 cm³/mol. The molecule has 5 heteroatoms. The van der Waals surface area contributed by atoms with E-state index in [1.165, 1.54) is 11.3 Å². The zero-order chi connectivity index (χ0) is 17.4. The summed E-state index contributed by atoms with van der Waals surface area (Å²) in [5.74, 6) is 0. The summed E-state index contributed by atoms with van der Waals surface area (Å²) >= 11 is 0. The number of urea groups is 1. The number of amides is 2. The highest BCUT2D eigenvalue weighted by Gasteiger charge is 2.22. The van der Waals surface area contributed by atoms with E-state index in [9.17, 15) is 4.79 Å². The number of anilines is 1. The molecule has 1 aliphatic heterocycles. The Hall–Kier alpha value is -1.75. The van der Waals surface area contributed by atoms with E-state index in [1.54, 1.807) is 0 Å². The van der Waals surface area contributed by atoms with Crippen LogP contribution in [0.4, 0.5) is 10.5 Å². The van der Waals surface area contributed by atoms with Gasteiger partial charge in [-0.2, -0.15) is 0 Å². The van der Waals surface area contributed by atoms with Gasteiger partial charge in [0.2, 0.25) is 0 Å². The topological polar surface area (TPSA) is 44.8 Å². The van der Waals surface area contributed by atoms with E-state index in [0.717, 1.165) is 51.9 Å². The fourth-order valence-corrected chi connectivity index (χ4v) is 3.02. The third kappa shape index (κ3) is 5.71. The summed E-state index contributed by atoms with van der Waals surface area (Å²) in [4.78, 5) is 16.2. The highest BCUT2D eigenvalue weighted by Crippen LogP contribution is 2.14. The zero-order valence-electron chi connectivity index (χ0n) is 15.3. The van der Waals surface area contributed by atoms with Gasteiger partial charge >= 0.3 is 6.03 Å². The average molecular weight is 333 g/mol. The smallest absolute Gasteiger partial charge is 0.317 e. The Morgan fingerprint density at radius 1 is 1.25 bits per heavy atom. The van der Waals surface area contributed by atoms with Gasteiger partial charge in [-0.1, -0.05) is 12.1 Å². The van der Waals surface area contributed by atoms with Crippen LogP contribution in [0.1, 0.15) is 31.7 Å². The third-order valence-corrected chi connectivity index (χ3v) is 4.50. The molecule has 0 bridgehead atoms. The van der Waals surface area contributed by atoms with Gasteiger partial charge in [0.15, 0.2) is 0 Å². The van der Waals surface area contributed by atoms with Crippen molar-refractivity contribution in [2.24, 2.45) is 0 Å². The van der Waals surface area contributed by atoms with Crippen LogP contribution in [0.25, 0.3) is 0 Å². The van der Waals surface area contributed by atoms with Gasteiger partial charge < -0.3 is 19.9 Å². The highest BCUT2D eigenvalue weighted by atomic mass is 16.5. The molecule has 0 saturated carbocycles. The number of carbonyl (C=O) groups is 1. The Morgan fingerprint density at radius 2 is 1.92 bits per heavy atom. The van der Waals surface area contributed by atoms with Crippen molar-refractivity contribution >= 4 is 11.7 Å². The van der Waals surface area contributed by atoms with E-state index in [-0.39, 0.29) is 6.03 Å².